The number of carbonyl (C=O) groups excluding carboxylic acids is 1. The molecule has 0 saturated carbocycles. The fraction of sp³-hybridized carbons (Fsp3) is 0.333. The van der Waals surface area contributed by atoms with Gasteiger partial charge in [-0.3, -0.25) is 4.79 Å². The average Bonchev–Trinajstić information content (AvgIpc) is 2.34. The molecular weight excluding hydrogens is 257 g/mol. The van der Waals surface area contributed by atoms with Crippen LogP contribution in [0.4, 0.5) is 4.39 Å². The van der Waals surface area contributed by atoms with Crippen molar-refractivity contribution in [1.29, 1.82) is 0 Å². The van der Waals surface area contributed by atoms with E-state index in [0.29, 0.717) is 12.2 Å². The van der Waals surface area contributed by atoms with Crippen LogP contribution in [0.25, 0.3) is 0 Å². The van der Waals surface area contributed by atoms with E-state index in [1.54, 1.807) is 12.1 Å². The molecule has 0 spiro atoms. The Kier molecular flexibility index (Phi) is 3.86. The first-order valence-corrected chi connectivity index (χ1v) is 6.50. The Morgan fingerprint density at radius 1 is 1.44 bits per heavy atom. The summed E-state index contributed by atoms with van der Waals surface area (Å²) < 4.78 is 12.7. The minimum atomic E-state index is -1.02. The van der Waals surface area contributed by atoms with Crippen molar-refractivity contribution in [3.63, 3.8) is 0 Å². The SMILES string of the molecule is O=C(O)[C@H]1CS[C@H](Cc2ccc(F)cc2)C(=O)N1. The number of thioether (sulfide) groups is 1. The predicted molar refractivity (Wildman–Crippen MR) is 65.9 cm³/mol. The van der Waals surface area contributed by atoms with Crippen molar-refractivity contribution in [2.75, 3.05) is 5.75 Å². The van der Waals surface area contributed by atoms with Crippen LogP contribution in [-0.4, -0.2) is 34.0 Å². The lowest BCUT2D eigenvalue weighted by Crippen LogP contribution is -2.51. The second kappa shape index (κ2) is 5.39. The Balaban J connectivity index is 1.97. The number of carbonyl (C=O) groups is 2. The highest BCUT2D eigenvalue weighted by atomic mass is 32.2. The number of halogens is 1. The van der Waals surface area contributed by atoms with E-state index in [-0.39, 0.29) is 17.0 Å². The van der Waals surface area contributed by atoms with Crippen molar-refractivity contribution in [1.82, 2.24) is 5.32 Å². The van der Waals surface area contributed by atoms with Gasteiger partial charge in [0, 0.05) is 5.75 Å². The number of rotatable bonds is 3. The summed E-state index contributed by atoms with van der Waals surface area (Å²) in [6.45, 7) is 0. The van der Waals surface area contributed by atoms with Gasteiger partial charge in [0.2, 0.25) is 5.91 Å². The highest BCUT2D eigenvalue weighted by molar-refractivity contribution is 8.00. The van der Waals surface area contributed by atoms with Crippen molar-refractivity contribution in [2.24, 2.45) is 0 Å². The molecule has 0 radical (unpaired) electrons. The van der Waals surface area contributed by atoms with Crippen LogP contribution in [0.1, 0.15) is 5.56 Å². The van der Waals surface area contributed by atoms with E-state index in [1.807, 2.05) is 0 Å². The zero-order valence-electron chi connectivity index (χ0n) is 9.43. The third-order valence-corrected chi connectivity index (χ3v) is 4.01. The lowest BCUT2D eigenvalue weighted by molar-refractivity contribution is -0.141. The minimum absolute atomic E-state index is 0.275. The highest BCUT2D eigenvalue weighted by Crippen LogP contribution is 2.22. The standard InChI is InChI=1S/C12H12FNO3S/c13-8-3-1-7(2-4-8)5-10-11(15)14-9(6-18-10)12(16)17/h1-4,9-10H,5-6H2,(H,14,15)(H,16,17)/t9-,10-/m1/s1. The topological polar surface area (TPSA) is 66.4 Å². The number of hydrogen-bond donors (Lipinski definition) is 2. The number of carboxylic acids is 1. The predicted octanol–water partition coefficient (Wildman–Crippen LogP) is 1.05. The zero-order valence-corrected chi connectivity index (χ0v) is 10.2. The molecule has 2 rings (SSSR count). The summed E-state index contributed by atoms with van der Waals surface area (Å²) in [6, 6.07) is 5.15. The molecule has 1 aromatic rings. The second-order valence-corrected chi connectivity index (χ2v) is 5.29. The molecule has 0 aliphatic carbocycles. The molecule has 1 saturated heterocycles. The van der Waals surface area contributed by atoms with E-state index in [9.17, 15) is 14.0 Å². The maximum Gasteiger partial charge on any atom is 0.327 e. The van der Waals surface area contributed by atoms with E-state index >= 15 is 0 Å². The first kappa shape index (κ1) is 12.9. The monoisotopic (exact) mass is 269 g/mol. The van der Waals surface area contributed by atoms with Gasteiger partial charge in [0.05, 0.1) is 5.25 Å². The van der Waals surface area contributed by atoms with Gasteiger partial charge in [0.15, 0.2) is 0 Å². The minimum Gasteiger partial charge on any atom is -0.480 e. The molecule has 0 aromatic heterocycles. The maximum atomic E-state index is 12.7. The number of aliphatic carboxylic acids is 1. The summed E-state index contributed by atoms with van der Waals surface area (Å²) in [7, 11) is 0. The Bertz CT molecular complexity index is 463. The Morgan fingerprint density at radius 2 is 2.11 bits per heavy atom. The van der Waals surface area contributed by atoms with Crippen LogP contribution < -0.4 is 5.32 Å². The molecule has 4 nitrogen and oxygen atoms in total. The first-order chi connectivity index (χ1) is 8.56. The van der Waals surface area contributed by atoms with Gasteiger partial charge in [-0.2, -0.15) is 0 Å². The van der Waals surface area contributed by atoms with E-state index in [4.69, 9.17) is 5.11 Å². The molecule has 0 bridgehead atoms. The lowest BCUT2D eigenvalue weighted by Gasteiger charge is -2.26. The molecule has 1 aromatic carbocycles. The molecule has 1 fully saturated rings. The van der Waals surface area contributed by atoms with E-state index in [1.165, 1.54) is 23.9 Å². The Labute approximate surface area is 108 Å². The van der Waals surface area contributed by atoms with Crippen LogP contribution in [0.15, 0.2) is 24.3 Å². The van der Waals surface area contributed by atoms with Crippen molar-refractivity contribution < 1.29 is 19.1 Å². The molecule has 18 heavy (non-hydrogen) atoms. The molecule has 2 N–H and O–H groups in total. The summed E-state index contributed by atoms with van der Waals surface area (Å²) in [5, 5.41) is 10.9. The molecular formula is C12H12FNO3S. The molecule has 1 aliphatic heterocycles. The fourth-order valence-electron chi connectivity index (χ4n) is 1.71. The Hall–Kier alpha value is -1.56. The fourth-order valence-corrected chi connectivity index (χ4v) is 2.89. The highest BCUT2D eigenvalue weighted by Gasteiger charge is 2.32. The number of carboxylic acid groups (broad SMARTS) is 1. The molecule has 6 heteroatoms. The van der Waals surface area contributed by atoms with Gasteiger partial charge in [-0.05, 0) is 24.1 Å². The number of hydrogen-bond acceptors (Lipinski definition) is 3. The summed E-state index contributed by atoms with van der Waals surface area (Å²) >= 11 is 1.32. The van der Waals surface area contributed by atoms with Crippen molar-refractivity contribution in [3.05, 3.63) is 35.6 Å². The molecule has 1 amide bonds. The van der Waals surface area contributed by atoms with Gasteiger partial charge < -0.3 is 10.4 Å². The second-order valence-electron chi connectivity index (χ2n) is 4.05. The van der Waals surface area contributed by atoms with Crippen LogP contribution in [0.2, 0.25) is 0 Å². The smallest absolute Gasteiger partial charge is 0.327 e. The maximum absolute atomic E-state index is 12.7. The van der Waals surface area contributed by atoms with Crippen molar-refractivity contribution in [3.8, 4) is 0 Å². The first-order valence-electron chi connectivity index (χ1n) is 5.45. The van der Waals surface area contributed by atoms with Crippen molar-refractivity contribution in [2.45, 2.75) is 17.7 Å². The number of amides is 1. The third-order valence-electron chi connectivity index (χ3n) is 2.71. The van der Waals surface area contributed by atoms with Crippen molar-refractivity contribution >= 4 is 23.6 Å². The summed E-state index contributed by atoms with van der Waals surface area (Å²) in [4.78, 5) is 22.4. The molecule has 96 valence electrons. The lowest BCUT2D eigenvalue weighted by atomic mass is 10.1. The third kappa shape index (κ3) is 3.01. The van der Waals surface area contributed by atoms with Gasteiger partial charge in [0.1, 0.15) is 11.9 Å². The van der Waals surface area contributed by atoms with E-state index in [2.05, 4.69) is 5.32 Å². The summed E-state index contributed by atoms with van der Waals surface area (Å²) in [5.74, 6) is -1.25. The van der Waals surface area contributed by atoms with Gasteiger partial charge in [-0.1, -0.05) is 12.1 Å². The number of nitrogens with one attached hydrogen (secondary N) is 1. The number of benzene rings is 1. The van der Waals surface area contributed by atoms with E-state index < -0.39 is 12.0 Å². The van der Waals surface area contributed by atoms with Crippen LogP contribution in [0, 0.1) is 5.82 Å². The van der Waals surface area contributed by atoms with Gasteiger partial charge >= 0.3 is 5.97 Å². The molecule has 1 heterocycles. The van der Waals surface area contributed by atoms with Crippen LogP contribution in [0.3, 0.4) is 0 Å². The van der Waals surface area contributed by atoms with Gasteiger partial charge in [0.25, 0.3) is 0 Å². The van der Waals surface area contributed by atoms with Crippen LogP contribution in [-0.2, 0) is 16.0 Å². The van der Waals surface area contributed by atoms with Gasteiger partial charge in [-0.25, -0.2) is 9.18 Å². The molecule has 2 atom stereocenters. The zero-order chi connectivity index (χ0) is 13.1. The van der Waals surface area contributed by atoms with E-state index in [0.717, 1.165) is 5.56 Å². The molecule has 0 unspecified atom stereocenters. The molecule has 1 aliphatic rings. The normalized spacial score (nSPS) is 23.5. The van der Waals surface area contributed by atoms with Crippen LogP contribution >= 0.6 is 11.8 Å². The van der Waals surface area contributed by atoms with Crippen LogP contribution in [0.5, 0.6) is 0 Å². The summed E-state index contributed by atoms with van der Waals surface area (Å²) in [5.41, 5.74) is 0.859. The largest absolute Gasteiger partial charge is 0.480 e. The summed E-state index contributed by atoms with van der Waals surface area (Å²) in [6.07, 6.45) is 0.475. The van der Waals surface area contributed by atoms with Gasteiger partial charge in [-0.15, -0.1) is 11.8 Å². The Morgan fingerprint density at radius 3 is 2.67 bits per heavy atom. The average molecular weight is 269 g/mol. The quantitative estimate of drug-likeness (QED) is 0.861.